The van der Waals surface area contributed by atoms with Gasteiger partial charge in [-0.25, -0.2) is 9.37 Å². The SMILES string of the molecule is O=c1[nH]cnc(CF)c1Cl. The number of rotatable bonds is 1. The molecule has 10 heavy (non-hydrogen) atoms. The maximum absolute atomic E-state index is 11.9. The molecule has 0 aliphatic heterocycles. The van der Waals surface area contributed by atoms with Gasteiger partial charge < -0.3 is 4.98 Å². The van der Waals surface area contributed by atoms with Crippen molar-refractivity contribution >= 4 is 11.6 Å². The molecule has 1 aromatic heterocycles. The maximum Gasteiger partial charge on any atom is 0.269 e. The van der Waals surface area contributed by atoms with E-state index >= 15 is 0 Å². The van der Waals surface area contributed by atoms with E-state index in [4.69, 9.17) is 11.6 Å². The summed E-state index contributed by atoms with van der Waals surface area (Å²) < 4.78 is 11.9. The molecule has 3 nitrogen and oxygen atoms in total. The minimum absolute atomic E-state index is 0.0228. The number of halogens is 2. The van der Waals surface area contributed by atoms with Crippen LogP contribution < -0.4 is 5.56 Å². The molecule has 0 unspecified atom stereocenters. The Morgan fingerprint density at radius 1 is 1.80 bits per heavy atom. The first-order chi connectivity index (χ1) is 4.75. The molecule has 0 radical (unpaired) electrons. The van der Waals surface area contributed by atoms with Crippen molar-refractivity contribution in [1.82, 2.24) is 9.97 Å². The third-order valence-corrected chi connectivity index (χ3v) is 1.39. The predicted molar refractivity (Wildman–Crippen MR) is 34.7 cm³/mol. The first-order valence-corrected chi connectivity index (χ1v) is 2.91. The predicted octanol–water partition coefficient (Wildman–Crippen LogP) is 0.893. The van der Waals surface area contributed by atoms with Crippen LogP contribution in [0.3, 0.4) is 0 Å². The molecule has 54 valence electrons. The summed E-state index contributed by atoms with van der Waals surface area (Å²) in [5.74, 6) is 0. The van der Waals surface area contributed by atoms with Gasteiger partial charge in [0.15, 0.2) is 0 Å². The standard InChI is InChI=1S/C5H4ClFN2O/c6-4-3(1-7)8-2-9-5(4)10/h2H,1H2,(H,8,9,10). The van der Waals surface area contributed by atoms with E-state index in [1.165, 1.54) is 0 Å². The van der Waals surface area contributed by atoms with E-state index in [2.05, 4.69) is 9.97 Å². The summed E-state index contributed by atoms with van der Waals surface area (Å²) in [6.45, 7) is -0.817. The number of hydrogen-bond donors (Lipinski definition) is 1. The Hall–Kier alpha value is -0.900. The van der Waals surface area contributed by atoms with Gasteiger partial charge in [0.25, 0.3) is 5.56 Å². The molecule has 0 aliphatic rings. The molecule has 1 rings (SSSR count). The van der Waals surface area contributed by atoms with E-state index < -0.39 is 12.2 Å². The van der Waals surface area contributed by atoms with Gasteiger partial charge in [-0.1, -0.05) is 11.6 Å². The highest BCUT2D eigenvalue weighted by Crippen LogP contribution is 2.06. The van der Waals surface area contributed by atoms with Crippen molar-refractivity contribution in [2.24, 2.45) is 0 Å². The summed E-state index contributed by atoms with van der Waals surface area (Å²) in [5, 5.41) is -0.176. The van der Waals surface area contributed by atoms with Crippen LogP contribution in [-0.4, -0.2) is 9.97 Å². The van der Waals surface area contributed by atoms with E-state index in [0.717, 1.165) is 6.33 Å². The number of alkyl halides is 1. The Morgan fingerprint density at radius 2 is 2.50 bits per heavy atom. The van der Waals surface area contributed by atoms with Crippen molar-refractivity contribution in [2.45, 2.75) is 6.67 Å². The smallest absolute Gasteiger partial charge is 0.269 e. The van der Waals surface area contributed by atoms with Crippen LogP contribution in [0.15, 0.2) is 11.1 Å². The third-order valence-electron chi connectivity index (χ3n) is 0.995. The molecule has 0 aliphatic carbocycles. The Kier molecular flexibility index (Phi) is 2.01. The molecule has 0 fully saturated rings. The second kappa shape index (κ2) is 2.79. The largest absolute Gasteiger partial charge is 0.312 e. The lowest BCUT2D eigenvalue weighted by molar-refractivity contribution is 0.475. The van der Waals surface area contributed by atoms with Crippen LogP contribution in [0.25, 0.3) is 0 Å². The number of nitrogens with zero attached hydrogens (tertiary/aromatic N) is 1. The maximum atomic E-state index is 11.9. The molecule has 0 spiro atoms. The minimum Gasteiger partial charge on any atom is -0.312 e. The summed E-state index contributed by atoms with van der Waals surface area (Å²) in [5.41, 5.74) is -0.533. The molecule has 0 bridgehead atoms. The zero-order valence-electron chi connectivity index (χ0n) is 4.90. The Bertz CT molecular complexity index is 285. The summed E-state index contributed by atoms with van der Waals surface area (Å²) in [6, 6.07) is 0. The lowest BCUT2D eigenvalue weighted by atomic mass is 10.4. The zero-order valence-corrected chi connectivity index (χ0v) is 5.65. The van der Waals surface area contributed by atoms with Crippen molar-refractivity contribution in [2.75, 3.05) is 0 Å². The van der Waals surface area contributed by atoms with Gasteiger partial charge in [-0.2, -0.15) is 0 Å². The molecule has 0 saturated heterocycles. The molecule has 1 heterocycles. The molecule has 1 aromatic rings. The van der Waals surface area contributed by atoms with Crippen LogP contribution in [0.4, 0.5) is 4.39 Å². The van der Waals surface area contributed by atoms with Gasteiger partial charge >= 0.3 is 0 Å². The van der Waals surface area contributed by atoms with E-state index in [1.807, 2.05) is 0 Å². The third kappa shape index (κ3) is 1.16. The molecule has 1 N–H and O–H groups in total. The fourth-order valence-electron chi connectivity index (χ4n) is 0.513. The first-order valence-electron chi connectivity index (χ1n) is 2.53. The van der Waals surface area contributed by atoms with Crippen molar-refractivity contribution in [3.8, 4) is 0 Å². The van der Waals surface area contributed by atoms with Crippen molar-refractivity contribution in [3.63, 3.8) is 0 Å². The van der Waals surface area contributed by atoms with Gasteiger partial charge in [-0.05, 0) is 0 Å². The second-order valence-electron chi connectivity index (χ2n) is 1.63. The average molecular weight is 163 g/mol. The van der Waals surface area contributed by atoms with E-state index in [9.17, 15) is 9.18 Å². The van der Waals surface area contributed by atoms with Crippen LogP contribution in [0.5, 0.6) is 0 Å². The molecule has 0 atom stereocenters. The molecule has 0 aromatic carbocycles. The minimum atomic E-state index is -0.817. The number of aromatic amines is 1. The lowest BCUT2D eigenvalue weighted by Gasteiger charge is -1.92. The summed E-state index contributed by atoms with van der Waals surface area (Å²) >= 11 is 5.35. The van der Waals surface area contributed by atoms with E-state index in [-0.39, 0.29) is 10.7 Å². The van der Waals surface area contributed by atoms with E-state index in [1.54, 1.807) is 0 Å². The zero-order chi connectivity index (χ0) is 7.56. The second-order valence-corrected chi connectivity index (χ2v) is 2.00. The lowest BCUT2D eigenvalue weighted by Crippen LogP contribution is -2.09. The number of nitrogens with one attached hydrogen (secondary N) is 1. The van der Waals surface area contributed by atoms with Gasteiger partial charge in [-0.15, -0.1) is 0 Å². The fraction of sp³-hybridized carbons (Fsp3) is 0.200. The van der Waals surface area contributed by atoms with Crippen LogP contribution in [0.1, 0.15) is 5.69 Å². The normalized spacial score (nSPS) is 9.80. The van der Waals surface area contributed by atoms with Crippen LogP contribution >= 0.6 is 11.6 Å². The van der Waals surface area contributed by atoms with Gasteiger partial charge in [0.1, 0.15) is 11.7 Å². The number of aromatic nitrogens is 2. The highest BCUT2D eigenvalue weighted by Gasteiger charge is 2.03. The van der Waals surface area contributed by atoms with Crippen molar-refractivity contribution in [3.05, 3.63) is 27.4 Å². The monoisotopic (exact) mass is 162 g/mol. The number of hydrogen-bond acceptors (Lipinski definition) is 2. The molecule has 0 amide bonds. The average Bonchev–Trinajstić information content (AvgIpc) is 1.95. The van der Waals surface area contributed by atoms with Gasteiger partial charge in [0, 0.05) is 0 Å². The van der Waals surface area contributed by atoms with Crippen LogP contribution in [0.2, 0.25) is 5.02 Å². The van der Waals surface area contributed by atoms with Crippen molar-refractivity contribution < 1.29 is 4.39 Å². The molecular formula is C5H4ClFN2O. The summed E-state index contributed by atoms with van der Waals surface area (Å²) in [6.07, 6.45) is 1.11. The fourth-order valence-corrected chi connectivity index (χ4v) is 0.667. The first kappa shape index (κ1) is 7.21. The Balaban J connectivity index is 3.28. The van der Waals surface area contributed by atoms with Crippen molar-refractivity contribution in [1.29, 1.82) is 0 Å². The Morgan fingerprint density at radius 3 is 3.00 bits per heavy atom. The van der Waals surface area contributed by atoms with Crippen LogP contribution in [0, 0.1) is 0 Å². The molecular weight excluding hydrogens is 159 g/mol. The van der Waals surface area contributed by atoms with Crippen LogP contribution in [-0.2, 0) is 6.67 Å². The molecule has 5 heteroatoms. The van der Waals surface area contributed by atoms with E-state index in [0.29, 0.717) is 0 Å². The topological polar surface area (TPSA) is 45.8 Å². The highest BCUT2D eigenvalue weighted by atomic mass is 35.5. The van der Waals surface area contributed by atoms with Gasteiger partial charge in [-0.3, -0.25) is 4.79 Å². The summed E-state index contributed by atoms with van der Waals surface area (Å²) in [7, 11) is 0. The van der Waals surface area contributed by atoms with Gasteiger partial charge in [0.05, 0.1) is 12.0 Å². The highest BCUT2D eigenvalue weighted by molar-refractivity contribution is 6.30. The Labute approximate surface area is 60.9 Å². The van der Waals surface area contributed by atoms with Gasteiger partial charge in [0.2, 0.25) is 0 Å². The quantitative estimate of drug-likeness (QED) is 0.667. The molecule has 0 saturated carbocycles. The summed E-state index contributed by atoms with van der Waals surface area (Å²) in [4.78, 5) is 16.3. The number of H-pyrrole nitrogens is 1.